The van der Waals surface area contributed by atoms with E-state index in [0.29, 0.717) is 22.9 Å². The molecule has 1 fully saturated rings. The highest BCUT2D eigenvalue weighted by Crippen LogP contribution is 2.24. The van der Waals surface area contributed by atoms with Crippen LogP contribution in [0.1, 0.15) is 16.8 Å². The van der Waals surface area contributed by atoms with Gasteiger partial charge in [-0.1, -0.05) is 18.2 Å². The van der Waals surface area contributed by atoms with Gasteiger partial charge < -0.3 is 5.32 Å². The molecule has 138 valence electrons. The van der Waals surface area contributed by atoms with E-state index in [2.05, 4.69) is 10.3 Å². The third-order valence-corrected chi connectivity index (χ3v) is 6.49. The predicted octanol–water partition coefficient (Wildman–Crippen LogP) is 2.96. The standard InChI is InChI=1S/C20H17FN2O3S/c21-18-2-1-3-19-17(18)10-15(11-22-19)13-4-6-14(7-5-13)20(24)23-16-8-9-27(25,26)12-16/h1-7,10-11,16H,8-9,12H2,(H,23,24). The molecule has 0 aliphatic carbocycles. The molecule has 3 aromatic rings. The zero-order valence-corrected chi connectivity index (χ0v) is 15.2. The van der Waals surface area contributed by atoms with Crippen molar-refractivity contribution in [1.82, 2.24) is 10.3 Å². The van der Waals surface area contributed by atoms with Crippen LogP contribution in [0.5, 0.6) is 0 Å². The average molecular weight is 384 g/mol. The van der Waals surface area contributed by atoms with Crippen molar-refractivity contribution >= 4 is 26.6 Å². The Hall–Kier alpha value is -2.80. The van der Waals surface area contributed by atoms with Crippen molar-refractivity contribution in [3.05, 3.63) is 66.1 Å². The minimum atomic E-state index is -3.04. The van der Waals surface area contributed by atoms with Gasteiger partial charge in [0.1, 0.15) is 5.82 Å². The van der Waals surface area contributed by atoms with Gasteiger partial charge in [0.05, 0.1) is 17.0 Å². The average Bonchev–Trinajstić information content (AvgIpc) is 3.00. The second-order valence-corrected chi connectivity index (χ2v) is 8.91. The van der Waals surface area contributed by atoms with Crippen LogP contribution >= 0.6 is 0 Å². The third-order valence-electron chi connectivity index (χ3n) is 4.72. The summed E-state index contributed by atoms with van der Waals surface area (Å²) in [6, 6.07) is 13.0. The minimum Gasteiger partial charge on any atom is -0.348 e. The number of nitrogens with one attached hydrogen (secondary N) is 1. The van der Waals surface area contributed by atoms with Crippen molar-refractivity contribution in [2.24, 2.45) is 0 Å². The number of nitrogens with zero attached hydrogens (tertiary/aromatic N) is 1. The van der Waals surface area contributed by atoms with Gasteiger partial charge in [-0.05, 0) is 42.3 Å². The summed E-state index contributed by atoms with van der Waals surface area (Å²) in [5, 5.41) is 3.21. The van der Waals surface area contributed by atoms with Crippen molar-refractivity contribution in [2.75, 3.05) is 11.5 Å². The quantitative estimate of drug-likeness (QED) is 0.753. The first kappa shape index (κ1) is 17.6. The number of benzene rings is 2. The van der Waals surface area contributed by atoms with Gasteiger partial charge in [0, 0.05) is 28.8 Å². The van der Waals surface area contributed by atoms with E-state index in [0.717, 1.165) is 11.1 Å². The Morgan fingerprint density at radius 1 is 1.11 bits per heavy atom. The van der Waals surface area contributed by atoms with Crippen LogP contribution < -0.4 is 5.32 Å². The van der Waals surface area contributed by atoms with Crippen molar-refractivity contribution in [3.63, 3.8) is 0 Å². The first-order valence-electron chi connectivity index (χ1n) is 8.57. The van der Waals surface area contributed by atoms with Crippen molar-refractivity contribution in [2.45, 2.75) is 12.5 Å². The Bertz CT molecular complexity index is 1130. The van der Waals surface area contributed by atoms with Gasteiger partial charge in [-0.15, -0.1) is 0 Å². The molecule has 1 aromatic heterocycles. The molecule has 0 saturated carbocycles. The summed E-state index contributed by atoms with van der Waals surface area (Å²) >= 11 is 0. The molecule has 4 rings (SSSR count). The van der Waals surface area contributed by atoms with E-state index < -0.39 is 9.84 Å². The summed E-state index contributed by atoms with van der Waals surface area (Å²) in [5.41, 5.74) is 2.60. The van der Waals surface area contributed by atoms with Crippen LogP contribution in [0, 0.1) is 5.82 Å². The van der Waals surface area contributed by atoms with Gasteiger partial charge in [0.2, 0.25) is 0 Å². The molecule has 0 spiro atoms. The molecule has 2 aromatic carbocycles. The number of halogens is 1. The highest BCUT2D eigenvalue weighted by atomic mass is 32.2. The molecule has 27 heavy (non-hydrogen) atoms. The lowest BCUT2D eigenvalue weighted by Gasteiger charge is -2.11. The number of hydrogen-bond acceptors (Lipinski definition) is 4. The fraction of sp³-hybridized carbons (Fsp3) is 0.200. The lowest BCUT2D eigenvalue weighted by atomic mass is 10.0. The summed E-state index contributed by atoms with van der Waals surface area (Å²) in [6.07, 6.45) is 2.11. The molecule has 1 aliphatic heterocycles. The maximum absolute atomic E-state index is 14.0. The molecule has 1 unspecified atom stereocenters. The molecule has 1 aliphatic rings. The zero-order chi connectivity index (χ0) is 19.0. The molecule has 1 N–H and O–H groups in total. The maximum Gasteiger partial charge on any atom is 0.251 e. The van der Waals surface area contributed by atoms with Crippen LogP contribution in [-0.2, 0) is 9.84 Å². The minimum absolute atomic E-state index is 0.00878. The number of fused-ring (bicyclic) bond motifs is 1. The smallest absolute Gasteiger partial charge is 0.251 e. The Kier molecular flexibility index (Phi) is 4.39. The normalized spacial score (nSPS) is 18.5. The monoisotopic (exact) mass is 384 g/mol. The molecule has 0 radical (unpaired) electrons. The van der Waals surface area contributed by atoms with E-state index in [-0.39, 0.29) is 29.3 Å². The van der Waals surface area contributed by atoms with Crippen LogP contribution in [0.3, 0.4) is 0 Å². The summed E-state index contributed by atoms with van der Waals surface area (Å²) in [4.78, 5) is 16.6. The Morgan fingerprint density at radius 2 is 1.89 bits per heavy atom. The fourth-order valence-electron chi connectivity index (χ4n) is 3.26. The largest absolute Gasteiger partial charge is 0.348 e. The van der Waals surface area contributed by atoms with E-state index in [1.165, 1.54) is 6.07 Å². The fourth-order valence-corrected chi connectivity index (χ4v) is 4.94. The van der Waals surface area contributed by atoms with Crippen LogP contribution in [0.25, 0.3) is 22.0 Å². The van der Waals surface area contributed by atoms with E-state index in [4.69, 9.17) is 0 Å². The Balaban J connectivity index is 1.54. The van der Waals surface area contributed by atoms with Gasteiger partial charge in [-0.2, -0.15) is 0 Å². The second-order valence-electron chi connectivity index (χ2n) is 6.68. The highest BCUT2D eigenvalue weighted by Gasteiger charge is 2.29. The second kappa shape index (κ2) is 6.74. The number of hydrogen-bond donors (Lipinski definition) is 1. The summed E-state index contributed by atoms with van der Waals surface area (Å²) in [6.45, 7) is 0. The van der Waals surface area contributed by atoms with E-state index in [1.54, 1.807) is 48.7 Å². The maximum atomic E-state index is 14.0. The third kappa shape index (κ3) is 3.68. The Morgan fingerprint density at radius 3 is 2.59 bits per heavy atom. The lowest BCUT2D eigenvalue weighted by Crippen LogP contribution is -2.35. The summed E-state index contributed by atoms with van der Waals surface area (Å²) in [5.74, 6) is -0.524. The van der Waals surface area contributed by atoms with Gasteiger partial charge in [0.25, 0.3) is 5.91 Å². The van der Waals surface area contributed by atoms with Crippen molar-refractivity contribution < 1.29 is 17.6 Å². The molecule has 7 heteroatoms. The molecular weight excluding hydrogens is 367 g/mol. The van der Waals surface area contributed by atoms with Crippen molar-refractivity contribution in [1.29, 1.82) is 0 Å². The van der Waals surface area contributed by atoms with Crippen molar-refractivity contribution in [3.8, 4) is 11.1 Å². The number of aromatic nitrogens is 1. The van der Waals surface area contributed by atoms with E-state index in [9.17, 15) is 17.6 Å². The first-order chi connectivity index (χ1) is 12.9. The number of amides is 1. The Labute approximate surface area is 156 Å². The topological polar surface area (TPSA) is 76.1 Å². The number of carbonyl (C=O) groups excluding carboxylic acids is 1. The van der Waals surface area contributed by atoms with Gasteiger partial charge in [-0.3, -0.25) is 9.78 Å². The molecule has 1 amide bonds. The molecule has 0 bridgehead atoms. The lowest BCUT2D eigenvalue weighted by molar-refractivity contribution is 0.0941. The number of sulfone groups is 1. The summed E-state index contributed by atoms with van der Waals surface area (Å²) < 4.78 is 37.0. The first-order valence-corrected chi connectivity index (χ1v) is 10.4. The number of rotatable bonds is 3. The van der Waals surface area contributed by atoms with Crippen LogP contribution in [0.4, 0.5) is 4.39 Å². The highest BCUT2D eigenvalue weighted by molar-refractivity contribution is 7.91. The van der Waals surface area contributed by atoms with Gasteiger partial charge >= 0.3 is 0 Å². The van der Waals surface area contributed by atoms with Crippen LogP contribution in [0.2, 0.25) is 0 Å². The summed E-state index contributed by atoms with van der Waals surface area (Å²) in [7, 11) is -3.04. The van der Waals surface area contributed by atoms with E-state index in [1.807, 2.05) is 0 Å². The van der Waals surface area contributed by atoms with Crippen LogP contribution in [0.15, 0.2) is 54.7 Å². The molecule has 2 heterocycles. The molecule has 5 nitrogen and oxygen atoms in total. The number of carbonyl (C=O) groups is 1. The molecular formula is C20H17FN2O3S. The molecule has 1 saturated heterocycles. The van der Waals surface area contributed by atoms with Gasteiger partial charge in [-0.25, -0.2) is 12.8 Å². The predicted molar refractivity (Wildman–Crippen MR) is 102 cm³/mol. The zero-order valence-electron chi connectivity index (χ0n) is 14.4. The molecule has 1 atom stereocenters. The van der Waals surface area contributed by atoms with Gasteiger partial charge in [0.15, 0.2) is 9.84 Å². The van der Waals surface area contributed by atoms with E-state index >= 15 is 0 Å². The van der Waals surface area contributed by atoms with Crippen LogP contribution in [-0.4, -0.2) is 36.9 Å². The number of pyridine rings is 1. The SMILES string of the molecule is O=C(NC1CCS(=O)(=O)C1)c1ccc(-c2cnc3cccc(F)c3c2)cc1.